The van der Waals surface area contributed by atoms with E-state index in [1.54, 1.807) is 0 Å². The fourth-order valence-corrected chi connectivity index (χ4v) is 6.55. The summed E-state index contributed by atoms with van der Waals surface area (Å²) in [5.41, 5.74) is 0.681. The van der Waals surface area contributed by atoms with Crippen LogP contribution in [-0.4, -0.2) is 54.3 Å². The number of carboxylic acid groups (broad SMARTS) is 1. The number of nitrogens with zero attached hydrogens (tertiary/aromatic N) is 1. The minimum Gasteiger partial charge on any atom is -0.494 e. The molecule has 3 unspecified atom stereocenters. The lowest BCUT2D eigenvalue weighted by molar-refractivity contribution is -0.169. The SMILES string of the molecule is O=C(OC1CC2CCC1N(CCCOc1ccccc1)C2)C1(c2ccccc2)CCCCCC1.O=CO. The van der Waals surface area contributed by atoms with Crippen molar-refractivity contribution in [2.24, 2.45) is 5.92 Å². The Labute approximate surface area is 221 Å². The summed E-state index contributed by atoms with van der Waals surface area (Å²) < 4.78 is 12.4. The lowest BCUT2D eigenvalue weighted by atomic mass is 9.73. The summed E-state index contributed by atoms with van der Waals surface area (Å²) >= 11 is 0. The van der Waals surface area contributed by atoms with Gasteiger partial charge in [-0.05, 0) is 62.1 Å². The van der Waals surface area contributed by atoms with E-state index >= 15 is 0 Å². The second-order valence-corrected chi connectivity index (χ2v) is 10.7. The van der Waals surface area contributed by atoms with Gasteiger partial charge in [0.05, 0.1) is 12.0 Å². The Balaban J connectivity index is 0.00000102. The first kappa shape index (κ1) is 27.2. The molecule has 0 spiro atoms. The lowest BCUT2D eigenvalue weighted by Crippen LogP contribution is -2.58. The topological polar surface area (TPSA) is 76.1 Å². The number of hydrogen-bond acceptors (Lipinski definition) is 5. The van der Waals surface area contributed by atoms with Crippen LogP contribution in [0.2, 0.25) is 0 Å². The maximum absolute atomic E-state index is 13.9. The number of benzene rings is 2. The van der Waals surface area contributed by atoms with Crippen LogP contribution in [0.3, 0.4) is 0 Å². The van der Waals surface area contributed by atoms with E-state index in [1.165, 1.54) is 19.3 Å². The van der Waals surface area contributed by atoms with E-state index in [-0.39, 0.29) is 18.5 Å². The Kier molecular flexibility index (Phi) is 10.0. The average Bonchev–Trinajstić information content (AvgIpc) is 3.20. The first-order valence-electron chi connectivity index (χ1n) is 13.9. The molecule has 2 saturated heterocycles. The molecule has 6 rings (SSSR count). The molecular weight excluding hydrogens is 466 g/mol. The van der Waals surface area contributed by atoms with Crippen LogP contribution in [0.4, 0.5) is 0 Å². The Morgan fingerprint density at radius 2 is 1.62 bits per heavy atom. The predicted octanol–water partition coefficient (Wildman–Crippen LogP) is 5.84. The summed E-state index contributed by atoms with van der Waals surface area (Å²) in [5, 5.41) is 6.89. The summed E-state index contributed by atoms with van der Waals surface area (Å²) in [5.74, 6) is 1.61. The van der Waals surface area contributed by atoms with E-state index in [2.05, 4.69) is 29.2 Å². The van der Waals surface area contributed by atoms with Crippen molar-refractivity contribution in [3.05, 3.63) is 66.2 Å². The van der Waals surface area contributed by atoms with E-state index in [1.807, 2.05) is 36.4 Å². The molecule has 2 bridgehead atoms. The van der Waals surface area contributed by atoms with Gasteiger partial charge in [0, 0.05) is 19.1 Å². The van der Waals surface area contributed by atoms with Crippen LogP contribution < -0.4 is 4.74 Å². The van der Waals surface area contributed by atoms with Gasteiger partial charge < -0.3 is 14.6 Å². The van der Waals surface area contributed by atoms with Crippen molar-refractivity contribution in [2.45, 2.75) is 81.8 Å². The number of hydrogen-bond donors (Lipinski definition) is 1. The van der Waals surface area contributed by atoms with Crippen molar-refractivity contribution in [1.29, 1.82) is 0 Å². The van der Waals surface area contributed by atoms with Gasteiger partial charge in [-0.3, -0.25) is 14.5 Å². The van der Waals surface area contributed by atoms with Gasteiger partial charge in [-0.15, -0.1) is 0 Å². The Hall–Kier alpha value is -2.86. The van der Waals surface area contributed by atoms with Crippen molar-refractivity contribution in [1.82, 2.24) is 4.90 Å². The highest BCUT2D eigenvalue weighted by molar-refractivity contribution is 5.83. The van der Waals surface area contributed by atoms with Crippen LogP contribution in [0.1, 0.15) is 69.8 Å². The number of carbonyl (C=O) groups is 2. The molecule has 4 fully saturated rings. The minimum absolute atomic E-state index is 0.0267. The van der Waals surface area contributed by atoms with Crippen LogP contribution >= 0.6 is 0 Å². The standard InChI is InChI=1S/C30H39NO3.CH2O2/c32-29(30(18-9-1-2-10-19-30)25-12-5-3-6-13-25)34-28-22-24-16-17-27(28)31(23-24)20-11-21-33-26-14-7-4-8-15-26;2-1-3/h3-8,12-15,24,27-28H,1-2,9-11,16-23H2;1H,(H,2,3). The molecule has 2 heterocycles. The minimum atomic E-state index is -0.469. The zero-order valence-electron chi connectivity index (χ0n) is 21.8. The summed E-state index contributed by atoms with van der Waals surface area (Å²) in [6.07, 6.45) is 10.9. The van der Waals surface area contributed by atoms with E-state index < -0.39 is 5.41 Å². The Morgan fingerprint density at radius 3 is 2.27 bits per heavy atom. The summed E-state index contributed by atoms with van der Waals surface area (Å²) in [6, 6.07) is 20.8. The van der Waals surface area contributed by atoms with Gasteiger partial charge in [0.15, 0.2) is 0 Å². The van der Waals surface area contributed by atoms with Crippen LogP contribution in [0, 0.1) is 5.92 Å². The molecule has 0 amide bonds. The van der Waals surface area contributed by atoms with E-state index in [0.29, 0.717) is 12.0 Å². The third-order valence-corrected chi connectivity index (χ3v) is 8.36. The molecule has 6 heteroatoms. The van der Waals surface area contributed by atoms with Gasteiger partial charge in [-0.25, -0.2) is 0 Å². The molecule has 3 atom stereocenters. The molecule has 0 radical (unpaired) electrons. The molecule has 2 aliphatic heterocycles. The lowest BCUT2D eigenvalue weighted by Gasteiger charge is -2.50. The first-order chi connectivity index (χ1) is 18.2. The fourth-order valence-electron chi connectivity index (χ4n) is 6.55. The van der Waals surface area contributed by atoms with Gasteiger partial charge in [0.1, 0.15) is 11.9 Å². The highest BCUT2D eigenvalue weighted by Crippen LogP contribution is 2.42. The zero-order valence-corrected chi connectivity index (χ0v) is 21.8. The van der Waals surface area contributed by atoms with Crippen LogP contribution in [0.15, 0.2) is 60.7 Å². The number of fused-ring (bicyclic) bond motifs is 3. The average molecular weight is 508 g/mol. The highest BCUT2D eigenvalue weighted by Gasteiger charge is 2.47. The third-order valence-electron chi connectivity index (χ3n) is 8.36. The molecule has 0 aromatic heterocycles. The largest absolute Gasteiger partial charge is 0.494 e. The van der Waals surface area contributed by atoms with Gasteiger partial charge in [-0.1, -0.05) is 74.2 Å². The first-order valence-corrected chi connectivity index (χ1v) is 13.9. The summed E-state index contributed by atoms with van der Waals surface area (Å²) in [4.78, 5) is 24.8. The zero-order chi connectivity index (χ0) is 25.9. The summed E-state index contributed by atoms with van der Waals surface area (Å²) in [6.45, 7) is 2.61. The molecular formula is C31H41NO5. The van der Waals surface area contributed by atoms with Gasteiger partial charge in [-0.2, -0.15) is 0 Å². The van der Waals surface area contributed by atoms with E-state index in [0.717, 1.165) is 76.0 Å². The molecule has 2 aromatic rings. The maximum Gasteiger partial charge on any atom is 0.316 e. The molecule has 4 aliphatic rings. The van der Waals surface area contributed by atoms with Gasteiger partial charge in [0.2, 0.25) is 0 Å². The predicted molar refractivity (Wildman–Crippen MR) is 144 cm³/mol. The quantitative estimate of drug-likeness (QED) is 0.209. The Bertz CT molecular complexity index is 958. The number of rotatable bonds is 8. The number of esters is 1. The number of carbonyl (C=O) groups excluding carboxylic acids is 1. The highest BCUT2D eigenvalue weighted by atomic mass is 16.5. The second kappa shape index (κ2) is 13.6. The van der Waals surface area contributed by atoms with Crippen molar-refractivity contribution in [2.75, 3.05) is 19.7 Å². The molecule has 2 aromatic carbocycles. The smallest absolute Gasteiger partial charge is 0.316 e. The van der Waals surface area contributed by atoms with E-state index in [4.69, 9.17) is 19.4 Å². The fraction of sp³-hybridized carbons (Fsp3) is 0.548. The molecule has 2 aliphatic carbocycles. The second-order valence-electron chi connectivity index (χ2n) is 10.7. The van der Waals surface area contributed by atoms with Crippen molar-refractivity contribution < 1.29 is 24.2 Å². The molecule has 37 heavy (non-hydrogen) atoms. The third kappa shape index (κ3) is 6.92. The molecule has 2 saturated carbocycles. The molecule has 1 N–H and O–H groups in total. The monoisotopic (exact) mass is 507 g/mol. The van der Waals surface area contributed by atoms with Crippen LogP contribution in [-0.2, 0) is 19.7 Å². The van der Waals surface area contributed by atoms with E-state index in [9.17, 15) is 4.79 Å². The maximum atomic E-state index is 13.9. The summed E-state index contributed by atoms with van der Waals surface area (Å²) in [7, 11) is 0. The number of piperidine rings is 2. The van der Waals surface area contributed by atoms with Gasteiger partial charge >= 0.3 is 5.97 Å². The van der Waals surface area contributed by atoms with Crippen LogP contribution in [0.5, 0.6) is 5.75 Å². The van der Waals surface area contributed by atoms with Crippen LogP contribution in [0.25, 0.3) is 0 Å². The van der Waals surface area contributed by atoms with Gasteiger partial charge in [0.25, 0.3) is 6.47 Å². The normalized spacial score (nSPS) is 24.7. The number of ether oxygens (including phenoxy) is 2. The molecule has 6 nitrogen and oxygen atoms in total. The van der Waals surface area contributed by atoms with Crippen molar-refractivity contribution >= 4 is 12.4 Å². The molecule has 200 valence electrons. The van der Waals surface area contributed by atoms with Crippen molar-refractivity contribution in [3.63, 3.8) is 0 Å². The van der Waals surface area contributed by atoms with Crippen molar-refractivity contribution in [3.8, 4) is 5.75 Å². The number of para-hydroxylation sites is 1. The Morgan fingerprint density at radius 1 is 0.973 bits per heavy atom.